The molecule has 0 aromatic carbocycles. The second-order valence-corrected chi connectivity index (χ2v) is 1.94. The SMILES string of the molecule is C=CC1CC=CC1. The molecule has 0 nitrogen and oxygen atoms in total. The fourth-order valence-corrected chi connectivity index (χ4v) is 0.831. The Hall–Kier alpha value is -0.520. The lowest BCUT2D eigenvalue weighted by Crippen LogP contribution is -1.83. The highest BCUT2D eigenvalue weighted by molar-refractivity contribution is 4.99. The maximum atomic E-state index is 3.70. The standard InChI is InChI=1S/C7H10/c1-2-7-5-3-4-6-7/h2-4,7H,1,5-6H2. The summed E-state index contributed by atoms with van der Waals surface area (Å²) in [6, 6.07) is 0. The summed E-state index contributed by atoms with van der Waals surface area (Å²) in [4.78, 5) is 0. The summed E-state index contributed by atoms with van der Waals surface area (Å²) in [5.74, 6) is 0.750. The summed E-state index contributed by atoms with van der Waals surface area (Å²) in [5, 5.41) is 0. The van der Waals surface area contributed by atoms with E-state index >= 15 is 0 Å². The Labute approximate surface area is 44.5 Å². The van der Waals surface area contributed by atoms with Gasteiger partial charge in [0.2, 0.25) is 0 Å². The fraction of sp³-hybridized carbons (Fsp3) is 0.429. The van der Waals surface area contributed by atoms with E-state index in [1.54, 1.807) is 0 Å². The summed E-state index contributed by atoms with van der Waals surface area (Å²) in [5.41, 5.74) is 0. The van der Waals surface area contributed by atoms with Crippen molar-refractivity contribution in [3.05, 3.63) is 24.8 Å². The molecule has 1 aliphatic carbocycles. The average molecular weight is 94.2 g/mol. The first-order valence-corrected chi connectivity index (χ1v) is 2.71. The van der Waals surface area contributed by atoms with Crippen LogP contribution in [0.15, 0.2) is 24.8 Å². The lowest BCUT2D eigenvalue weighted by Gasteiger charge is -1.95. The third kappa shape index (κ3) is 0.923. The third-order valence-corrected chi connectivity index (χ3v) is 1.38. The van der Waals surface area contributed by atoms with Gasteiger partial charge in [-0.25, -0.2) is 0 Å². The topological polar surface area (TPSA) is 0 Å². The van der Waals surface area contributed by atoms with E-state index in [-0.39, 0.29) is 0 Å². The molecule has 0 heteroatoms. The van der Waals surface area contributed by atoms with Crippen molar-refractivity contribution in [3.8, 4) is 0 Å². The van der Waals surface area contributed by atoms with Gasteiger partial charge in [0.25, 0.3) is 0 Å². The first kappa shape index (κ1) is 4.63. The van der Waals surface area contributed by atoms with Crippen LogP contribution in [0.2, 0.25) is 0 Å². The number of hydrogen-bond donors (Lipinski definition) is 0. The molecule has 0 amide bonds. The number of rotatable bonds is 1. The largest absolute Gasteiger partial charge is 0.103 e. The highest BCUT2D eigenvalue weighted by Gasteiger charge is 2.02. The fourth-order valence-electron chi connectivity index (χ4n) is 0.831. The molecule has 1 aliphatic rings. The van der Waals surface area contributed by atoms with Crippen LogP contribution in [0.25, 0.3) is 0 Å². The molecule has 0 bridgehead atoms. The summed E-state index contributed by atoms with van der Waals surface area (Å²) in [6.45, 7) is 3.70. The van der Waals surface area contributed by atoms with Gasteiger partial charge in [0.1, 0.15) is 0 Å². The molecule has 0 fully saturated rings. The highest BCUT2D eigenvalue weighted by atomic mass is 14.1. The minimum absolute atomic E-state index is 0.750. The normalized spacial score (nSPS) is 20.6. The first-order valence-electron chi connectivity index (χ1n) is 2.71. The van der Waals surface area contributed by atoms with Crippen molar-refractivity contribution in [2.75, 3.05) is 0 Å². The predicted molar refractivity (Wildman–Crippen MR) is 32.1 cm³/mol. The van der Waals surface area contributed by atoms with Gasteiger partial charge in [-0.15, -0.1) is 6.58 Å². The van der Waals surface area contributed by atoms with Crippen LogP contribution in [0.3, 0.4) is 0 Å². The Morgan fingerprint density at radius 1 is 1.43 bits per heavy atom. The lowest BCUT2D eigenvalue weighted by atomic mass is 10.1. The van der Waals surface area contributed by atoms with Gasteiger partial charge < -0.3 is 0 Å². The van der Waals surface area contributed by atoms with Crippen LogP contribution in [0, 0.1) is 5.92 Å². The van der Waals surface area contributed by atoms with Crippen LogP contribution in [0.5, 0.6) is 0 Å². The van der Waals surface area contributed by atoms with Gasteiger partial charge in [-0.3, -0.25) is 0 Å². The van der Waals surface area contributed by atoms with Gasteiger partial charge in [-0.1, -0.05) is 18.2 Å². The van der Waals surface area contributed by atoms with E-state index in [4.69, 9.17) is 0 Å². The van der Waals surface area contributed by atoms with E-state index < -0.39 is 0 Å². The minimum Gasteiger partial charge on any atom is -0.103 e. The highest BCUT2D eigenvalue weighted by Crippen LogP contribution is 2.17. The van der Waals surface area contributed by atoms with Crippen molar-refractivity contribution >= 4 is 0 Å². The van der Waals surface area contributed by atoms with Crippen LogP contribution >= 0.6 is 0 Å². The Morgan fingerprint density at radius 2 is 2.00 bits per heavy atom. The van der Waals surface area contributed by atoms with Crippen molar-refractivity contribution in [2.24, 2.45) is 5.92 Å². The molecule has 38 valence electrons. The summed E-state index contributed by atoms with van der Waals surface area (Å²) in [6.07, 6.45) is 8.88. The smallest absolute Gasteiger partial charge is 0.0167 e. The van der Waals surface area contributed by atoms with Gasteiger partial charge in [0.15, 0.2) is 0 Å². The zero-order chi connectivity index (χ0) is 5.11. The average Bonchev–Trinajstić information content (AvgIpc) is 2.14. The first-order chi connectivity index (χ1) is 3.43. The van der Waals surface area contributed by atoms with E-state index in [0.717, 1.165) is 5.92 Å². The molecule has 0 saturated heterocycles. The summed E-state index contributed by atoms with van der Waals surface area (Å²) >= 11 is 0. The molecule has 0 aromatic rings. The van der Waals surface area contributed by atoms with E-state index in [0.29, 0.717) is 0 Å². The van der Waals surface area contributed by atoms with Crippen LogP contribution < -0.4 is 0 Å². The lowest BCUT2D eigenvalue weighted by molar-refractivity contribution is 0.718. The Kier molecular flexibility index (Phi) is 1.30. The molecule has 0 saturated carbocycles. The maximum Gasteiger partial charge on any atom is -0.0167 e. The summed E-state index contributed by atoms with van der Waals surface area (Å²) in [7, 11) is 0. The molecule has 0 atom stereocenters. The van der Waals surface area contributed by atoms with Gasteiger partial charge in [-0.2, -0.15) is 0 Å². The molecule has 0 unspecified atom stereocenters. The molecule has 1 rings (SSSR count). The van der Waals surface area contributed by atoms with Gasteiger partial charge in [0.05, 0.1) is 0 Å². The molecule has 0 spiro atoms. The molecule has 0 radical (unpaired) electrons. The molecule has 0 aliphatic heterocycles. The van der Waals surface area contributed by atoms with E-state index in [1.165, 1.54) is 12.8 Å². The van der Waals surface area contributed by atoms with Crippen LogP contribution in [-0.4, -0.2) is 0 Å². The van der Waals surface area contributed by atoms with Crippen molar-refractivity contribution in [1.82, 2.24) is 0 Å². The van der Waals surface area contributed by atoms with Crippen LogP contribution in [0.4, 0.5) is 0 Å². The van der Waals surface area contributed by atoms with Crippen LogP contribution in [-0.2, 0) is 0 Å². The molecule has 7 heavy (non-hydrogen) atoms. The van der Waals surface area contributed by atoms with Crippen molar-refractivity contribution in [2.45, 2.75) is 12.8 Å². The Bertz CT molecular complexity index is 82.2. The predicted octanol–water partition coefficient (Wildman–Crippen LogP) is 2.14. The Balaban J connectivity index is 2.35. The molecular weight excluding hydrogens is 84.1 g/mol. The van der Waals surface area contributed by atoms with Gasteiger partial charge in [-0.05, 0) is 18.8 Å². The van der Waals surface area contributed by atoms with Crippen molar-refractivity contribution in [3.63, 3.8) is 0 Å². The number of allylic oxidation sites excluding steroid dienone is 3. The van der Waals surface area contributed by atoms with E-state index in [1.807, 2.05) is 6.08 Å². The van der Waals surface area contributed by atoms with Gasteiger partial charge >= 0.3 is 0 Å². The monoisotopic (exact) mass is 94.1 g/mol. The minimum atomic E-state index is 0.750. The van der Waals surface area contributed by atoms with E-state index in [9.17, 15) is 0 Å². The van der Waals surface area contributed by atoms with Crippen molar-refractivity contribution < 1.29 is 0 Å². The quantitative estimate of drug-likeness (QED) is 0.437. The zero-order valence-electron chi connectivity index (χ0n) is 4.43. The maximum absolute atomic E-state index is 3.70. The number of hydrogen-bond acceptors (Lipinski definition) is 0. The molecule has 0 aromatic heterocycles. The molecule has 0 N–H and O–H groups in total. The van der Waals surface area contributed by atoms with Crippen molar-refractivity contribution in [1.29, 1.82) is 0 Å². The molecular formula is C7H10. The Morgan fingerprint density at radius 3 is 2.29 bits per heavy atom. The van der Waals surface area contributed by atoms with Crippen LogP contribution in [0.1, 0.15) is 12.8 Å². The second-order valence-electron chi connectivity index (χ2n) is 1.94. The summed E-state index contributed by atoms with van der Waals surface area (Å²) < 4.78 is 0. The zero-order valence-corrected chi connectivity index (χ0v) is 4.43. The third-order valence-electron chi connectivity index (χ3n) is 1.38. The molecule has 0 heterocycles. The van der Waals surface area contributed by atoms with E-state index in [2.05, 4.69) is 18.7 Å². The second kappa shape index (κ2) is 1.97. The van der Waals surface area contributed by atoms with Gasteiger partial charge in [0, 0.05) is 0 Å².